The summed E-state index contributed by atoms with van der Waals surface area (Å²) in [5.74, 6) is -0.369. The minimum absolute atomic E-state index is 0.0426. The van der Waals surface area contributed by atoms with E-state index >= 15 is 0 Å². The van der Waals surface area contributed by atoms with Crippen LogP contribution in [0, 0.1) is 18.6 Å². The summed E-state index contributed by atoms with van der Waals surface area (Å²) >= 11 is 3.38. The first-order valence-corrected chi connectivity index (χ1v) is 6.86. The van der Waals surface area contributed by atoms with E-state index in [1.54, 1.807) is 0 Å². The Bertz CT molecular complexity index is 632. The third-order valence-electron chi connectivity index (χ3n) is 2.92. The van der Waals surface area contributed by atoms with Crippen molar-refractivity contribution in [1.29, 1.82) is 0 Å². The number of ether oxygens (including phenoxy) is 1. The largest absolute Gasteiger partial charge is 0.488 e. The molecule has 0 amide bonds. The Morgan fingerprint density at radius 3 is 2.60 bits per heavy atom. The fourth-order valence-corrected chi connectivity index (χ4v) is 2.58. The van der Waals surface area contributed by atoms with Gasteiger partial charge in [-0.15, -0.1) is 0 Å². The minimum atomic E-state index is -0.490. The van der Waals surface area contributed by atoms with Gasteiger partial charge in [0, 0.05) is 22.1 Å². The predicted molar refractivity (Wildman–Crippen MR) is 77.5 cm³/mol. The van der Waals surface area contributed by atoms with Crippen LogP contribution in [0.1, 0.15) is 16.7 Å². The van der Waals surface area contributed by atoms with Crippen molar-refractivity contribution in [3.05, 3.63) is 63.1 Å². The van der Waals surface area contributed by atoms with Crippen LogP contribution in [0.25, 0.3) is 0 Å². The molecule has 2 aromatic rings. The van der Waals surface area contributed by atoms with E-state index in [1.807, 2.05) is 19.1 Å². The van der Waals surface area contributed by atoms with E-state index in [-0.39, 0.29) is 12.2 Å². The average molecular weight is 342 g/mol. The van der Waals surface area contributed by atoms with E-state index in [1.165, 1.54) is 0 Å². The number of hydrogen-bond acceptors (Lipinski definition) is 2. The van der Waals surface area contributed by atoms with Crippen LogP contribution in [-0.2, 0) is 13.2 Å². The van der Waals surface area contributed by atoms with E-state index in [2.05, 4.69) is 15.9 Å². The summed E-state index contributed by atoms with van der Waals surface area (Å²) < 4.78 is 33.2. The first-order chi connectivity index (χ1) is 9.51. The molecule has 0 radical (unpaired) electrons. The SMILES string of the molecule is Cc1cc(Br)cc(CN)c1OCc1cc(F)ccc1F. The molecule has 106 valence electrons. The molecule has 0 fully saturated rings. The second kappa shape index (κ2) is 6.33. The van der Waals surface area contributed by atoms with Crippen molar-refractivity contribution in [2.24, 2.45) is 5.73 Å². The van der Waals surface area contributed by atoms with E-state index in [0.717, 1.165) is 33.8 Å². The molecule has 2 nitrogen and oxygen atoms in total. The van der Waals surface area contributed by atoms with Gasteiger partial charge in [0.2, 0.25) is 0 Å². The lowest BCUT2D eigenvalue weighted by atomic mass is 10.1. The van der Waals surface area contributed by atoms with Gasteiger partial charge in [0.25, 0.3) is 0 Å². The molecule has 0 aliphatic heterocycles. The third kappa shape index (κ3) is 3.35. The molecular formula is C15H14BrF2NO. The van der Waals surface area contributed by atoms with Crippen LogP contribution in [0.2, 0.25) is 0 Å². The van der Waals surface area contributed by atoms with Crippen LogP contribution in [0.4, 0.5) is 8.78 Å². The Morgan fingerprint density at radius 2 is 1.90 bits per heavy atom. The minimum Gasteiger partial charge on any atom is -0.488 e. The number of aryl methyl sites for hydroxylation is 1. The van der Waals surface area contributed by atoms with Gasteiger partial charge >= 0.3 is 0 Å². The lowest BCUT2D eigenvalue weighted by molar-refractivity contribution is 0.294. The number of hydrogen-bond donors (Lipinski definition) is 1. The summed E-state index contributed by atoms with van der Waals surface area (Å²) in [4.78, 5) is 0. The van der Waals surface area contributed by atoms with Crippen molar-refractivity contribution in [3.8, 4) is 5.75 Å². The zero-order valence-corrected chi connectivity index (χ0v) is 12.5. The van der Waals surface area contributed by atoms with Crippen LogP contribution in [0.5, 0.6) is 5.75 Å². The van der Waals surface area contributed by atoms with Crippen molar-refractivity contribution >= 4 is 15.9 Å². The number of nitrogens with two attached hydrogens (primary N) is 1. The fourth-order valence-electron chi connectivity index (χ4n) is 1.96. The van der Waals surface area contributed by atoms with Gasteiger partial charge in [-0.1, -0.05) is 15.9 Å². The third-order valence-corrected chi connectivity index (χ3v) is 3.37. The Hall–Kier alpha value is -1.46. The van der Waals surface area contributed by atoms with E-state index in [4.69, 9.17) is 10.5 Å². The van der Waals surface area contributed by atoms with Crippen molar-refractivity contribution in [3.63, 3.8) is 0 Å². The van der Waals surface area contributed by atoms with Crippen molar-refractivity contribution < 1.29 is 13.5 Å². The van der Waals surface area contributed by atoms with Crippen LogP contribution in [-0.4, -0.2) is 0 Å². The quantitative estimate of drug-likeness (QED) is 0.909. The number of rotatable bonds is 4. The summed E-state index contributed by atoms with van der Waals surface area (Å²) in [6.07, 6.45) is 0. The fraction of sp³-hybridized carbons (Fsp3) is 0.200. The topological polar surface area (TPSA) is 35.2 Å². The molecule has 20 heavy (non-hydrogen) atoms. The summed E-state index contributed by atoms with van der Waals surface area (Å²) in [5.41, 5.74) is 7.55. The molecule has 0 aromatic heterocycles. The standard InChI is InChI=1S/C15H14BrF2NO/c1-9-4-12(16)5-10(7-19)15(9)20-8-11-6-13(17)2-3-14(11)18/h2-6H,7-8,19H2,1H3. The lowest BCUT2D eigenvalue weighted by Crippen LogP contribution is -2.06. The second-order valence-electron chi connectivity index (χ2n) is 4.44. The van der Waals surface area contributed by atoms with Crippen LogP contribution in [0.15, 0.2) is 34.8 Å². The number of halogens is 3. The highest BCUT2D eigenvalue weighted by Gasteiger charge is 2.10. The first kappa shape index (κ1) is 14.9. The Balaban J connectivity index is 2.25. The molecule has 0 aliphatic rings. The van der Waals surface area contributed by atoms with Crippen LogP contribution >= 0.6 is 15.9 Å². The van der Waals surface area contributed by atoms with E-state index in [9.17, 15) is 8.78 Å². The zero-order chi connectivity index (χ0) is 14.7. The Labute approximate surface area is 124 Å². The smallest absolute Gasteiger partial charge is 0.130 e. The van der Waals surface area contributed by atoms with Crippen LogP contribution < -0.4 is 10.5 Å². The van der Waals surface area contributed by atoms with Gasteiger partial charge in [-0.05, 0) is 42.8 Å². The molecule has 0 saturated heterocycles. The molecule has 2 N–H and O–H groups in total. The maximum absolute atomic E-state index is 13.5. The van der Waals surface area contributed by atoms with Gasteiger partial charge in [0.1, 0.15) is 24.0 Å². The molecule has 2 aromatic carbocycles. The lowest BCUT2D eigenvalue weighted by Gasteiger charge is -2.14. The molecule has 0 aliphatic carbocycles. The Kier molecular flexibility index (Phi) is 4.73. The maximum Gasteiger partial charge on any atom is 0.130 e. The summed E-state index contributed by atoms with van der Waals surface area (Å²) in [6.45, 7) is 2.14. The molecule has 0 unspecified atom stereocenters. The maximum atomic E-state index is 13.5. The monoisotopic (exact) mass is 341 g/mol. The molecule has 5 heteroatoms. The second-order valence-corrected chi connectivity index (χ2v) is 5.36. The molecule has 2 rings (SSSR count). The normalized spacial score (nSPS) is 10.7. The van der Waals surface area contributed by atoms with Gasteiger partial charge in [-0.3, -0.25) is 0 Å². The highest BCUT2D eigenvalue weighted by molar-refractivity contribution is 9.10. The highest BCUT2D eigenvalue weighted by atomic mass is 79.9. The van der Waals surface area contributed by atoms with Crippen molar-refractivity contribution in [1.82, 2.24) is 0 Å². The summed E-state index contributed by atoms with van der Waals surface area (Å²) in [5, 5.41) is 0. The highest BCUT2D eigenvalue weighted by Crippen LogP contribution is 2.28. The van der Waals surface area contributed by atoms with Gasteiger partial charge in [0.15, 0.2) is 0 Å². The average Bonchev–Trinajstić information content (AvgIpc) is 2.40. The van der Waals surface area contributed by atoms with E-state index < -0.39 is 11.6 Å². The van der Waals surface area contributed by atoms with E-state index in [0.29, 0.717) is 12.3 Å². The van der Waals surface area contributed by atoms with Crippen molar-refractivity contribution in [2.75, 3.05) is 0 Å². The summed E-state index contributed by atoms with van der Waals surface area (Å²) in [7, 11) is 0. The molecule has 0 bridgehead atoms. The van der Waals surface area contributed by atoms with Crippen LogP contribution in [0.3, 0.4) is 0 Å². The van der Waals surface area contributed by atoms with Gasteiger partial charge in [0.05, 0.1) is 0 Å². The molecule has 0 heterocycles. The summed E-state index contributed by atoms with van der Waals surface area (Å²) in [6, 6.07) is 7.04. The van der Waals surface area contributed by atoms with Gasteiger partial charge < -0.3 is 10.5 Å². The number of benzene rings is 2. The molecule has 0 atom stereocenters. The zero-order valence-electron chi connectivity index (χ0n) is 10.9. The first-order valence-electron chi connectivity index (χ1n) is 6.07. The van der Waals surface area contributed by atoms with Gasteiger partial charge in [-0.2, -0.15) is 0 Å². The molecule has 0 spiro atoms. The predicted octanol–water partition coefficient (Wildman–Crippen LogP) is 4.07. The van der Waals surface area contributed by atoms with Gasteiger partial charge in [-0.25, -0.2) is 8.78 Å². The molecule has 0 saturated carbocycles. The van der Waals surface area contributed by atoms with Crippen molar-refractivity contribution in [2.45, 2.75) is 20.1 Å². The molecular weight excluding hydrogens is 328 g/mol. The Morgan fingerprint density at radius 1 is 1.15 bits per heavy atom.